The highest BCUT2D eigenvalue weighted by Gasteiger charge is 2.16. The van der Waals surface area contributed by atoms with Crippen molar-refractivity contribution in [3.05, 3.63) is 65.9 Å². The van der Waals surface area contributed by atoms with Crippen LogP contribution < -0.4 is 20.1 Å². The summed E-state index contributed by atoms with van der Waals surface area (Å²) in [7, 11) is 3.17. The first-order valence-electron chi connectivity index (χ1n) is 10.8. The number of hydrogen-bond donors (Lipinski definition) is 2. The van der Waals surface area contributed by atoms with Gasteiger partial charge in [0.25, 0.3) is 5.91 Å². The molecule has 4 rings (SSSR count). The number of carbonyl (C=O) groups excluding carboxylic acids is 2. The van der Waals surface area contributed by atoms with Crippen molar-refractivity contribution >= 4 is 40.0 Å². The van der Waals surface area contributed by atoms with Crippen LogP contribution >= 0.6 is 23.1 Å². The summed E-state index contributed by atoms with van der Waals surface area (Å²) in [5, 5.41) is 17.6. The predicted octanol–water partition coefficient (Wildman–Crippen LogP) is 3.91. The normalized spacial score (nSPS) is 10.6. The quantitative estimate of drug-likeness (QED) is 0.221. The van der Waals surface area contributed by atoms with Gasteiger partial charge in [0.2, 0.25) is 11.0 Å². The van der Waals surface area contributed by atoms with Gasteiger partial charge in [-0.25, -0.2) is 0 Å². The number of methoxy groups -OCH3 is 2. The monoisotopic (exact) mass is 525 g/mol. The number of nitrogens with one attached hydrogen (secondary N) is 2. The molecule has 0 aliphatic heterocycles. The van der Waals surface area contributed by atoms with E-state index in [1.54, 1.807) is 20.3 Å². The van der Waals surface area contributed by atoms with E-state index >= 15 is 0 Å². The van der Waals surface area contributed by atoms with E-state index in [9.17, 15) is 9.59 Å². The van der Waals surface area contributed by atoms with E-state index < -0.39 is 5.91 Å². The second kappa shape index (κ2) is 12.2. The molecule has 0 spiro atoms. The average molecular weight is 526 g/mol. The molecule has 12 heteroatoms. The Kier molecular flexibility index (Phi) is 8.53. The summed E-state index contributed by atoms with van der Waals surface area (Å²) in [5.74, 6) is 1.40. The van der Waals surface area contributed by atoms with Crippen molar-refractivity contribution in [1.29, 1.82) is 0 Å². The maximum atomic E-state index is 12.5. The van der Waals surface area contributed by atoms with E-state index in [2.05, 4.69) is 26.0 Å². The molecule has 0 radical (unpaired) electrons. The topological polar surface area (TPSA) is 128 Å². The number of thioether (sulfide) groups is 1. The van der Waals surface area contributed by atoms with E-state index in [0.717, 1.165) is 11.1 Å². The number of benzene rings is 2. The molecule has 0 aliphatic rings. The Morgan fingerprint density at radius 2 is 1.83 bits per heavy atom. The average Bonchev–Trinajstić information content (AvgIpc) is 3.58. The van der Waals surface area contributed by atoms with Gasteiger partial charge in [0.1, 0.15) is 0 Å². The molecule has 2 aromatic carbocycles. The fourth-order valence-electron chi connectivity index (χ4n) is 3.16. The van der Waals surface area contributed by atoms with Crippen molar-refractivity contribution in [2.45, 2.75) is 10.8 Å². The summed E-state index contributed by atoms with van der Waals surface area (Å²) in [5.41, 5.74) is 1.97. The third kappa shape index (κ3) is 6.61. The molecular formula is C24H23N5O5S2. The minimum absolute atomic E-state index is 0.127. The van der Waals surface area contributed by atoms with Crippen molar-refractivity contribution in [2.75, 3.05) is 31.8 Å². The van der Waals surface area contributed by atoms with Crippen LogP contribution in [0.15, 0.2) is 63.5 Å². The van der Waals surface area contributed by atoms with Crippen LogP contribution in [0.5, 0.6) is 11.5 Å². The summed E-state index contributed by atoms with van der Waals surface area (Å²) in [6.45, 7) is 0.481. The van der Waals surface area contributed by atoms with Crippen LogP contribution in [-0.4, -0.2) is 53.7 Å². The molecule has 10 nitrogen and oxygen atoms in total. The molecule has 0 bridgehead atoms. The summed E-state index contributed by atoms with van der Waals surface area (Å²) < 4.78 is 16.4. The van der Waals surface area contributed by atoms with Crippen molar-refractivity contribution in [3.8, 4) is 22.8 Å². The van der Waals surface area contributed by atoms with Crippen LogP contribution in [0.1, 0.15) is 16.1 Å². The SMILES string of the molecule is COc1ccc(CCNC(=O)CSc2nnc(NC(=O)c3cc(-c4ccccc4)on3)s2)cc1OC. The lowest BCUT2D eigenvalue weighted by Gasteiger charge is -2.10. The predicted molar refractivity (Wildman–Crippen MR) is 137 cm³/mol. The lowest BCUT2D eigenvalue weighted by atomic mass is 10.1. The van der Waals surface area contributed by atoms with E-state index in [-0.39, 0.29) is 17.4 Å². The molecule has 0 aliphatic carbocycles. The van der Waals surface area contributed by atoms with E-state index in [0.29, 0.717) is 39.7 Å². The maximum absolute atomic E-state index is 12.5. The van der Waals surface area contributed by atoms with Gasteiger partial charge < -0.3 is 19.3 Å². The van der Waals surface area contributed by atoms with Crippen molar-refractivity contribution in [1.82, 2.24) is 20.7 Å². The smallest absolute Gasteiger partial charge is 0.279 e. The van der Waals surface area contributed by atoms with Gasteiger partial charge in [-0.05, 0) is 24.1 Å². The number of amides is 2. The molecule has 0 atom stereocenters. The van der Waals surface area contributed by atoms with Gasteiger partial charge in [-0.2, -0.15) is 0 Å². The van der Waals surface area contributed by atoms with Gasteiger partial charge in [-0.1, -0.05) is 64.7 Å². The summed E-state index contributed by atoms with van der Waals surface area (Å²) in [4.78, 5) is 24.7. The Balaban J connectivity index is 1.21. The highest BCUT2D eigenvalue weighted by Crippen LogP contribution is 2.28. The molecule has 2 aromatic heterocycles. The third-order valence-corrected chi connectivity index (χ3v) is 6.91. The highest BCUT2D eigenvalue weighted by atomic mass is 32.2. The lowest BCUT2D eigenvalue weighted by molar-refractivity contribution is -0.118. The Hall–Kier alpha value is -3.90. The van der Waals surface area contributed by atoms with E-state index in [1.165, 1.54) is 23.1 Å². The van der Waals surface area contributed by atoms with Crippen molar-refractivity contribution < 1.29 is 23.6 Å². The minimum Gasteiger partial charge on any atom is -0.493 e. The van der Waals surface area contributed by atoms with Crippen LogP contribution in [0.25, 0.3) is 11.3 Å². The first-order valence-corrected chi connectivity index (χ1v) is 12.6. The van der Waals surface area contributed by atoms with Crippen molar-refractivity contribution in [2.24, 2.45) is 0 Å². The zero-order chi connectivity index (χ0) is 25.3. The molecule has 2 heterocycles. The fraction of sp³-hybridized carbons (Fsp3) is 0.208. The number of anilines is 1. The van der Waals surface area contributed by atoms with Crippen LogP contribution in [0.3, 0.4) is 0 Å². The number of hydrogen-bond acceptors (Lipinski definition) is 10. The number of nitrogens with zero attached hydrogens (tertiary/aromatic N) is 3. The summed E-state index contributed by atoms with van der Waals surface area (Å²) in [6.07, 6.45) is 0.653. The lowest BCUT2D eigenvalue weighted by Crippen LogP contribution is -2.27. The molecular weight excluding hydrogens is 502 g/mol. The second-order valence-electron chi connectivity index (χ2n) is 7.35. The van der Waals surface area contributed by atoms with Crippen LogP contribution in [0.4, 0.5) is 5.13 Å². The number of aromatic nitrogens is 3. The Morgan fingerprint density at radius 3 is 2.61 bits per heavy atom. The van der Waals surface area contributed by atoms with Gasteiger partial charge in [0.05, 0.1) is 20.0 Å². The molecule has 36 heavy (non-hydrogen) atoms. The Labute approximate surface area is 215 Å². The van der Waals surface area contributed by atoms with Crippen LogP contribution in [0, 0.1) is 0 Å². The fourth-order valence-corrected chi connectivity index (χ4v) is 4.74. The summed E-state index contributed by atoms with van der Waals surface area (Å²) in [6, 6.07) is 16.6. The van der Waals surface area contributed by atoms with Crippen LogP contribution in [0.2, 0.25) is 0 Å². The maximum Gasteiger partial charge on any atom is 0.279 e. The molecule has 2 amide bonds. The van der Waals surface area contributed by atoms with Gasteiger partial charge in [0.15, 0.2) is 27.3 Å². The first kappa shape index (κ1) is 25.2. The van der Waals surface area contributed by atoms with E-state index in [4.69, 9.17) is 14.0 Å². The highest BCUT2D eigenvalue weighted by molar-refractivity contribution is 8.01. The van der Waals surface area contributed by atoms with Gasteiger partial charge in [0, 0.05) is 18.2 Å². The minimum atomic E-state index is -0.457. The van der Waals surface area contributed by atoms with Crippen molar-refractivity contribution in [3.63, 3.8) is 0 Å². The first-order chi connectivity index (χ1) is 17.6. The zero-order valence-corrected chi connectivity index (χ0v) is 21.1. The standard InChI is InChI=1S/C24H23N5O5S2/c1-32-18-9-8-15(12-20(18)33-2)10-11-25-21(30)14-35-24-28-27-23(36-24)26-22(31)17-13-19(34-29-17)16-6-4-3-5-7-16/h3-9,12-13H,10-11,14H2,1-2H3,(H,25,30)(H,26,27,31). The van der Waals surface area contributed by atoms with Crippen LogP contribution in [-0.2, 0) is 11.2 Å². The van der Waals surface area contributed by atoms with Gasteiger partial charge >= 0.3 is 0 Å². The molecule has 186 valence electrons. The molecule has 4 aromatic rings. The molecule has 0 fully saturated rings. The van der Waals surface area contributed by atoms with E-state index in [1.807, 2.05) is 48.5 Å². The number of rotatable bonds is 11. The summed E-state index contributed by atoms with van der Waals surface area (Å²) >= 11 is 2.42. The Bertz CT molecular complexity index is 1330. The number of ether oxygens (including phenoxy) is 2. The zero-order valence-electron chi connectivity index (χ0n) is 19.5. The molecule has 0 unspecified atom stereocenters. The molecule has 0 saturated heterocycles. The molecule has 2 N–H and O–H groups in total. The Morgan fingerprint density at radius 1 is 1.03 bits per heavy atom. The van der Waals surface area contributed by atoms with Gasteiger partial charge in [-0.3, -0.25) is 14.9 Å². The largest absolute Gasteiger partial charge is 0.493 e. The third-order valence-electron chi connectivity index (χ3n) is 4.94. The molecule has 0 saturated carbocycles. The number of carbonyl (C=O) groups is 2. The second-order valence-corrected chi connectivity index (χ2v) is 9.55. The van der Waals surface area contributed by atoms with Gasteiger partial charge in [-0.15, -0.1) is 10.2 Å².